The van der Waals surface area contributed by atoms with Crippen LogP contribution in [0, 0.1) is 18.8 Å². The molecular weight excluding hydrogens is 354 g/mol. The van der Waals surface area contributed by atoms with Crippen molar-refractivity contribution in [1.29, 1.82) is 0 Å². The highest BCUT2D eigenvalue weighted by Crippen LogP contribution is 2.41. The van der Waals surface area contributed by atoms with E-state index in [2.05, 4.69) is 24.6 Å². The molecule has 1 aliphatic rings. The molecule has 5 heteroatoms. The van der Waals surface area contributed by atoms with Crippen LogP contribution >= 0.6 is 11.6 Å². The summed E-state index contributed by atoms with van der Waals surface area (Å²) in [6, 6.07) is 4.18. The third kappa shape index (κ3) is 5.42. The lowest BCUT2D eigenvalue weighted by Crippen LogP contribution is -2.26. The second-order valence-corrected chi connectivity index (χ2v) is 9.78. The molecule has 1 heterocycles. The van der Waals surface area contributed by atoms with Gasteiger partial charge in [-0.25, -0.2) is 8.42 Å². The highest BCUT2D eigenvalue weighted by molar-refractivity contribution is 7.94. The van der Waals surface area contributed by atoms with Gasteiger partial charge in [0.05, 0.1) is 5.38 Å². The number of sulfone groups is 1. The van der Waals surface area contributed by atoms with Crippen molar-refractivity contribution in [2.45, 2.75) is 50.8 Å². The molecule has 3 nitrogen and oxygen atoms in total. The number of aromatic nitrogens is 1. The van der Waals surface area contributed by atoms with Crippen molar-refractivity contribution < 1.29 is 8.42 Å². The minimum absolute atomic E-state index is 0.0776. The summed E-state index contributed by atoms with van der Waals surface area (Å²) in [7, 11) is -3.07. The van der Waals surface area contributed by atoms with Gasteiger partial charge in [0, 0.05) is 23.1 Å². The van der Waals surface area contributed by atoms with Crippen LogP contribution in [0.2, 0.25) is 0 Å². The van der Waals surface area contributed by atoms with Crippen LogP contribution in [0.5, 0.6) is 0 Å². The van der Waals surface area contributed by atoms with Crippen LogP contribution in [0.25, 0.3) is 0 Å². The van der Waals surface area contributed by atoms with E-state index < -0.39 is 9.84 Å². The number of hydrogen-bond donors (Lipinski definition) is 0. The lowest BCUT2D eigenvalue weighted by Gasteiger charge is -2.35. The predicted octanol–water partition coefficient (Wildman–Crippen LogP) is 5.02. The van der Waals surface area contributed by atoms with Gasteiger partial charge in [0.2, 0.25) is 0 Å². The van der Waals surface area contributed by atoms with E-state index in [4.69, 9.17) is 11.6 Å². The number of allylic oxidation sites excluding steroid dienone is 3. The van der Waals surface area contributed by atoms with Crippen molar-refractivity contribution in [3.05, 3.63) is 53.2 Å². The fraction of sp³-hybridized carbons (Fsp3) is 0.550. The Hall–Kier alpha value is -1.13. The zero-order chi connectivity index (χ0) is 18.6. The smallest absolute Gasteiger partial charge is 0.171 e. The monoisotopic (exact) mass is 381 g/mol. The molecule has 0 bridgehead atoms. The molecule has 0 amide bonds. The largest absolute Gasteiger partial charge is 0.261 e. The lowest BCUT2D eigenvalue weighted by molar-refractivity contribution is 0.255. The molecule has 0 fully saturated rings. The van der Waals surface area contributed by atoms with Gasteiger partial charge in [0.15, 0.2) is 9.84 Å². The first kappa shape index (κ1) is 20.2. The Labute approximate surface area is 157 Å². The maximum absolute atomic E-state index is 11.8. The van der Waals surface area contributed by atoms with Crippen LogP contribution in [-0.2, 0) is 9.84 Å². The van der Waals surface area contributed by atoms with E-state index in [0.717, 1.165) is 25.0 Å². The minimum Gasteiger partial charge on any atom is -0.261 e. The van der Waals surface area contributed by atoms with Gasteiger partial charge >= 0.3 is 0 Å². The third-order valence-electron chi connectivity index (χ3n) is 5.35. The summed E-state index contributed by atoms with van der Waals surface area (Å²) in [4.78, 5) is 5.01. The second-order valence-electron chi connectivity index (χ2n) is 7.15. The van der Waals surface area contributed by atoms with Crippen LogP contribution in [0.1, 0.15) is 49.8 Å². The van der Waals surface area contributed by atoms with Gasteiger partial charge in [-0.1, -0.05) is 25.1 Å². The zero-order valence-corrected chi connectivity index (χ0v) is 16.9. The predicted molar refractivity (Wildman–Crippen MR) is 106 cm³/mol. The number of halogens is 1. The van der Waals surface area contributed by atoms with E-state index in [1.165, 1.54) is 11.8 Å². The quantitative estimate of drug-likeness (QED) is 0.492. The van der Waals surface area contributed by atoms with Crippen LogP contribution in [-0.4, -0.2) is 25.0 Å². The van der Waals surface area contributed by atoms with Gasteiger partial charge in [-0.2, -0.15) is 0 Å². The normalized spacial score (nSPS) is 21.9. The Morgan fingerprint density at radius 1 is 1.44 bits per heavy atom. The number of alkyl halides is 1. The summed E-state index contributed by atoms with van der Waals surface area (Å²) in [5, 5.41) is -0.0776. The van der Waals surface area contributed by atoms with Crippen molar-refractivity contribution in [1.82, 2.24) is 4.98 Å². The Balaban J connectivity index is 2.23. The van der Waals surface area contributed by atoms with Crippen LogP contribution in [0.3, 0.4) is 0 Å². The molecule has 0 aromatic carbocycles. The molecule has 1 aliphatic carbocycles. The van der Waals surface area contributed by atoms with E-state index in [0.29, 0.717) is 29.1 Å². The Morgan fingerprint density at radius 3 is 2.64 bits per heavy atom. The molecular formula is C20H28ClNO2S. The van der Waals surface area contributed by atoms with Crippen LogP contribution < -0.4 is 0 Å². The Morgan fingerprint density at radius 2 is 2.16 bits per heavy atom. The van der Waals surface area contributed by atoms with Crippen molar-refractivity contribution in [2.24, 2.45) is 11.8 Å². The number of hydrogen-bond acceptors (Lipinski definition) is 3. The standard InChI is InChI=1S/C20H28ClNO2S/c1-5-18(21)12-20(15(3)17-7-6-14(2)22-13-17)16-8-10-19(11-9-16)25(4,23)24/h5-7,10,13,15-16,18,20H,1,8-9,11-12H2,2-4H3. The molecule has 138 valence electrons. The van der Waals surface area contributed by atoms with E-state index in [-0.39, 0.29) is 5.38 Å². The first-order valence-corrected chi connectivity index (χ1v) is 11.1. The second kappa shape index (κ2) is 8.50. The molecule has 0 aliphatic heterocycles. The van der Waals surface area contributed by atoms with E-state index in [9.17, 15) is 8.42 Å². The number of rotatable bonds is 7. The van der Waals surface area contributed by atoms with Crippen molar-refractivity contribution in [3.8, 4) is 0 Å². The molecule has 1 aromatic heterocycles. The van der Waals surface area contributed by atoms with Crippen molar-refractivity contribution >= 4 is 21.4 Å². The van der Waals surface area contributed by atoms with E-state index in [1.54, 1.807) is 6.08 Å². The summed E-state index contributed by atoms with van der Waals surface area (Å²) in [6.45, 7) is 8.02. The van der Waals surface area contributed by atoms with Crippen molar-refractivity contribution in [3.63, 3.8) is 0 Å². The van der Waals surface area contributed by atoms with Gasteiger partial charge in [-0.05, 0) is 62.0 Å². The topological polar surface area (TPSA) is 47.0 Å². The highest BCUT2D eigenvalue weighted by Gasteiger charge is 2.31. The summed E-state index contributed by atoms with van der Waals surface area (Å²) in [5.41, 5.74) is 2.22. The fourth-order valence-corrected chi connectivity index (χ4v) is 4.81. The summed E-state index contributed by atoms with van der Waals surface area (Å²) >= 11 is 6.39. The SMILES string of the molecule is C=CC(Cl)CC(C1CC=C(S(C)(=O)=O)CC1)C(C)c1ccc(C)nc1. The molecule has 2 rings (SSSR count). The molecule has 0 saturated carbocycles. The van der Waals surface area contributed by atoms with Gasteiger partial charge in [-0.3, -0.25) is 4.98 Å². The molecule has 0 spiro atoms. The molecule has 1 aromatic rings. The maximum Gasteiger partial charge on any atom is 0.171 e. The molecule has 0 N–H and O–H groups in total. The van der Waals surface area contributed by atoms with E-state index >= 15 is 0 Å². The van der Waals surface area contributed by atoms with Gasteiger partial charge in [0.25, 0.3) is 0 Å². The summed E-state index contributed by atoms with van der Waals surface area (Å²) in [6.07, 6.45) is 10.1. The average molecular weight is 382 g/mol. The van der Waals surface area contributed by atoms with Gasteiger partial charge in [0.1, 0.15) is 0 Å². The molecule has 4 unspecified atom stereocenters. The van der Waals surface area contributed by atoms with Crippen LogP contribution in [0.4, 0.5) is 0 Å². The molecule has 25 heavy (non-hydrogen) atoms. The third-order valence-corrected chi connectivity index (χ3v) is 7.03. The summed E-state index contributed by atoms with van der Waals surface area (Å²) in [5.74, 6) is 1.10. The zero-order valence-electron chi connectivity index (χ0n) is 15.3. The average Bonchev–Trinajstić information content (AvgIpc) is 2.59. The first-order valence-electron chi connectivity index (χ1n) is 8.80. The lowest BCUT2D eigenvalue weighted by atomic mass is 9.72. The minimum atomic E-state index is -3.07. The van der Waals surface area contributed by atoms with Gasteiger partial charge in [-0.15, -0.1) is 18.2 Å². The first-order chi connectivity index (χ1) is 11.7. The number of pyridine rings is 1. The Kier molecular flexibility index (Phi) is 6.86. The maximum atomic E-state index is 11.8. The number of aryl methyl sites for hydroxylation is 1. The van der Waals surface area contributed by atoms with Crippen molar-refractivity contribution in [2.75, 3.05) is 6.26 Å². The number of nitrogens with zero attached hydrogens (tertiary/aromatic N) is 1. The summed E-state index contributed by atoms with van der Waals surface area (Å²) < 4.78 is 23.5. The molecule has 4 atom stereocenters. The molecule has 0 radical (unpaired) electrons. The molecule has 0 saturated heterocycles. The fourth-order valence-electron chi connectivity index (χ4n) is 3.71. The Bertz CT molecular complexity index is 725. The van der Waals surface area contributed by atoms with Crippen LogP contribution in [0.15, 0.2) is 42.0 Å². The van der Waals surface area contributed by atoms with E-state index in [1.807, 2.05) is 25.3 Å². The highest BCUT2D eigenvalue weighted by atomic mass is 35.5. The van der Waals surface area contributed by atoms with Gasteiger partial charge < -0.3 is 0 Å².